The Morgan fingerprint density at radius 3 is 2.39 bits per heavy atom. The summed E-state index contributed by atoms with van der Waals surface area (Å²) in [5.74, 6) is 1.88. The van der Waals surface area contributed by atoms with Crippen molar-refractivity contribution in [3.05, 3.63) is 0 Å². The van der Waals surface area contributed by atoms with Crippen LogP contribution >= 0.6 is 11.8 Å². The lowest BCUT2D eigenvalue weighted by molar-refractivity contribution is 0.586. The fourth-order valence-electron chi connectivity index (χ4n) is 1.22. The van der Waals surface area contributed by atoms with E-state index in [1.807, 2.05) is 11.8 Å². The zero-order valence-corrected chi connectivity index (χ0v) is 13.0. The van der Waals surface area contributed by atoms with E-state index >= 15 is 0 Å². The molecule has 0 atom stereocenters. The van der Waals surface area contributed by atoms with Gasteiger partial charge in [-0.15, -0.1) is 0 Å². The molecule has 108 valence electrons. The molecule has 0 aromatic heterocycles. The van der Waals surface area contributed by atoms with Gasteiger partial charge in [-0.1, -0.05) is 0 Å². The van der Waals surface area contributed by atoms with Crippen molar-refractivity contribution in [1.29, 1.82) is 0 Å². The Morgan fingerprint density at radius 1 is 1.17 bits per heavy atom. The van der Waals surface area contributed by atoms with Crippen LogP contribution in [-0.4, -0.2) is 59.3 Å². The van der Waals surface area contributed by atoms with Gasteiger partial charge in [-0.05, 0) is 24.9 Å². The van der Waals surface area contributed by atoms with Crippen molar-refractivity contribution in [3.8, 4) is 0 Å². The first-order chi connectivity index (χ1) is 8.49. The van der Waals surface area contributed by atoms with Gasteiger partial charge in [0, 0.05) is 26.7 Å². The first-order valence-electron chi connectivity index (χ1n) is 5.87. The van der Waals surface area contributed by atoms with E-state index in [9.17, 15) is 8.42 Å². The van der Waals surface area contributed by atoms with Crippen LogP contribution in [0.4, 0.5) is 0 Å². The Hall–Kier alpha value is -0.470. The molecule has 3 N–H and O–H groups in total. The SMILES string of the molecule is CN=C(NCCCCSC)NCCNS(C)(=O)=O. The van der Waals surface area contributed by atoms with E-state index in [-0.39, 0.29) is 0 Å². The van der Waals surface area contributed by atoms with Gasteiger partial charge in [-0.25, -0.2) is 13.1 Å². The van der Waals surface area contributed by atoms with Gasteiger partial charge in [0.2, 0.25) is 10.0 Å². The molecule has 0 fully saturated rings. The van der Waals surface area contributed by atoms with Crippen LogP contribution in [0.5, 0.6) is 0 Å². The quantitative estimate of drug-likeness (QED) is 0.313. The first-order valence-corrected chi connectivity index (χ1v) is 9.16. The number of unbranched alkanes of at least 4 members (excludes halogenated alkanes) is 1. The molecule has 0 unspecified atom stereocenters. The fraction of sp³-hybridized carbons (Fsp3) is 0.900. The molecule has 0 radical (unpaired) electrons. The van der Waals surface area contributed by atoms with Gasteiger partial charge in [0.1, 0.15) is 0 Å². The Labute approximate surface area is 114 Å². The maximum atomic E-state index is 10.8. The van der Waals surface area contributed by atoms with Gasteiger partial charge in [-0.3, -0.25) is 4.99 Å². The second-order valence-corrected chi connectivity index (χ2v) is 6.61. The smallest absolute Gasteiger partial charge is 0.208 e. The number of guanidine groups is 1. The van der Waals surface area contributed by atoms with Crippen LogP contribution in [0.25, 0.3) is 0 Å². The molecular formula is C10H24N4O2S2. The summed E-state index contributed by atoms with van der Waals surface area (Å²) in [4.78, 5) is 4.05. The lowest BCUT2D eigenvalue weighted by atomic mass is 10.3. The third kappa shape index (κ3) is 12.0. The van der Waals surface area contributed by atoms with Gasteiger partial charge in [-0.2, -0.15) is 11.8 Å². The van der Waals surface area contributed by atoms with Crippen LogP contribution in [0.15, 0.2) is 4.99 Å². The van der Waals surface area contributed by atoms with Gasteiger partial charge >= 0.3 is 0 Å². The van der Waals surface area contributed by atoms with Crippen molar-refractivity contribution in [2.45, 2.75) is 12.8 Å². The maximum absolute atomic E-state index is 10.8. The summed E-state index contributed by atoms with van der Waals surface area (Å²) >= 11 is 1.85. The summed E-state index contributed by atoms with van der Waals surface area (Å²) in [6.45, 7) is 1.74. The normalized spacial score (nSPS) is 12.5. The van der Waals surface area contributed by atoms with E-state index in [2.05, 4.69) is 26.6 Å². The van der Waals surface area contributed by atoms with Crippen molar-refractivity contribution in [3.63, 3.8) is 0 Å². The molecular weight excluding hydrogens is 272 g/mol. The molecule has 0 aliphatic carbocycles. The zero-order valence-electron chi connectivity index (χ0n) is 11.3. The molecule has 0 rings (SSSR count). The maximum Gasteiger partial charge on any atom is 0.208 e. The third-order valence-corrected chi connectivity index (χ3v) is 3.50. The number of aliphatic imine (C=N–C) groups is 1. The Balaban J connectivity index is 3.60. The molecule has 0 aromatic rings. The van der Waals surface area contributed by atoms with Crippen LogP contribution < -0.4 is 15.4 Å². The zero-order chi connectivity index (χ0) is 13.9. The van der Waals surface area contributed by atoms with Crippen LogP contribution in [0.1, 0.15) is 12.8 Å². The van der Waals surface area contributed by atoms with Gasteiger partial charge in [0.15, 0.2) is 5.96 Å². The number of hydrogen-bond donors (Lipinski definition) is 3. The number of sulfonamides is 1. The Kier molecular flexibility index (Phi) is 10.2. The number of thioether (sulfide) groups is 1. The predicted octanol–water partition coefficient (Wildman–Crippen LogP) is -0.156. The van der Waals surface area contributed by atoms with Crippen LogP contribution in [-0.2, 0) is 10.0 Å². The molecule has 0 amide bonds. The van der Waals surface area contributed by atoms with E-state index in [0.717, 1.165) is 19.2 Å². The standard InChI is InChI=1S/C10H24N4O2S2/c1-11-10(12-6-4-5-9-17-2)13-7-8-14-18(3,15)16/h14H,4-9H2,1-3H3,(H2,11,12,13). The molecule has 0 aliphatic heterocycles. The summed E-state index contributed by atoms with van der Waals surface area (Å²) in [5, 5.41) is 6.22. The topological polar surface area (TPSA) is 82.6 Å². The number of nitrogens with zero attached hydrogens (tertiary/aromatic N) is 1. The molecule has 0 aromatic carbocycles. The monoisotopic (exact) mass is 296 g/mol. The van der Waals surface area contributed by atoms with Crippen molar-refractivity contribution >= 4 is 27.7 Å². The van der Waals surface area contributed by atoms with Crippen LogP contribution in [0.3, 0.4) is 0 Å². The summed E-state index contributed by atoms with van der Waals surface area (Å²) in [7, 11) is -1.41. The number of nitrogens with one attached hydrogen (secondary N) is 3. The Bertz CT molecular complexity index is 331. The van der Waals surface area contributed by atoms with E-state index < -0.39 is 10.0 Å². The first kappa shape index (κ1) is 17.5. The van der Waals surface area contributed by atoms with E-state index in [0.29, 0.717) is 19.0 Å². The molecule has 8 heteroatoms. The highest BCUT2D eigenvalue weighted by Crippen LogP contribution is 1.97. The van der Waals surface area contributed by atoms with Crippen molar-refractivity contribution in [2.24, 2.45) is 4.99 Å². The average molecular weight is 296 g/mol. The number of rotatable bonds is 9. The van der Waals surface area contributed by atoms with Crippen molar-refractivity contribution in [2.75, 3.05) is 44.9 Å². The molecule has 0 bridgehead atoms. The van der Waals surface area contributed by atoms with E-state index in [4.69, 9.17) is 0 Å². The molecule has 0 saturated carbocycles. The predicted molar refractivity (Wildman–Crippen MR) is 79.8 cm³/mol. The lowest BCUT2D eigenvalue weighted by Crippen LogP contribution is -2.41. The van der Waals surface area contributed by atoms with E-state index in [1.165, 1.54) is 12.2 Å². The summed E-state index contributed by atoms with van der Waals surface area (Å²) in [6, 6.07) is 0. The summed E-state index contributed by atoms with van der Waals surface area (Å²) in [6.07, 6.45) is 5.53. The van der Waals surface area contributed by atoms with Gasteiger partial charge in [0.25, 0.3) is 0 Å². The lowest BCUT2D eigenvalue weighted by Gasteiger charge is -2.11. The third-order valence-electron chi connectivity index (χ3n) is 2.07. The van der Waals surface area contributed by atoms with Crippen LogP contribution in [0.2, 0.25) is 0 Å². The minimum Gasteiger partial charge on any atom is -0.356 e. The second-order valence-electron chi connectivity index (χ2n) is 3.79. The highest BCUT2D eigenvalue weighted by atomic mass is 32.2. The molecule has 0 heterocycles. The minimum atomic E-state index is -3.11. The van der Waals surface area contributed by atoms with Gasteiger partial charge in [0.05, 0.1) is 6.26 Å². The van der Waals surface area contributed by atoms with Crippen LogP contribution in [0, 0.1) is 0 Å². The molecule has 0 aliphatic rings. The second kappa shape index (κ2) is 10.5. The molecule has 0 saturated heterocycles. The highest BCUT2D eigenvalue weighted by molar-refractivity contribution is 7.98. The highest BCUT2D eigenvalue weighted by Gasteiger charge is 2.00. The molecule has 0 spiro atoms. The van der Waals surface area contributed by atoms with Gasteiger partial charge < -0.3 is 10.6 Å². The average Bonchev–Trinajstić information content (AvgIpc) is 2.30. The minimum absolute atomic E-state index is 0.353. The number of hydrogen-bond acceptors (Lipinski definition) is 4. The summed E-state index contributed by atoms with van der Waals surface area (Å²) in [5.41, 5.74) is 0. The largest absolute Gasteiger partial charge is 0.356 e. The fourth-order valence-corrected chi connectivity index (χ4v) is 2.18. The Morgan fingerprint density at radius 2 is 1.83 bits per heavy atom. The summed E-state index contributed by atoms with van der Waals surface area (Å²) < 4.78 is 24.1. The van der Waals surface area contributed by atoms with E-state index in [1.54, 1.807) is 7.05 Å². The van der Waals surface area contributed by atoms with Crippen molar-refractivity contribution in [1.82, 2.24) is 15.4 Å². The van der Waals surface area contributed by atoms with Crippen molar-refractivity contribution < 1.29 is 8.42 Å². The molecule has 18 heavy (non-hydrogen) atoms. The molecule has 6 nitrogen and oxygen atoms in total.